The van der Waals surface area contributed by atoms with E-state index in [-0.39, 0.29) is 53.9 Å². The van der Waals surface area contributed by atoms with Crippen molar-refractivity contribution in [2.75, 3.05) is 6.61 Å². The number of hydrogen-bond donors (Lipinski definition) is 2. The van der Waals surface area contributed by atoms with Gasteiger partial charge >= 0.3 is 47.7 Å². The number of carboxylic acids is 1. The third-order valence-electron chi connectivity index (χ3n) is 0.917. The van der Waals surface area contributed by atoms with Gasteiger partial charge in [0.1, 0.15) is 0 Å². The second-order valence-corrected chi connectivity index (χ2v) is 3.05. The molecule has 0 aromatic rings. The summed E-state index contributed by atoms with van der Waals surface area (Å²) in [7, 11) is -5.39. The van der Waals surface area contributed by atoms with E-state index in [1.165, 1.54) is 13.0 Å². The monoisotopic (exact) mass is 365 g/mol. The van der Waals surface area contributed by atoms with Crippen LogP contribution in [0.3, 0.4) is 0 Å². The molecule has 2 N–H and O–H groups in total. The van der Waals surface area contributed by atoms with Crippen LogP contribution in [0.15, 0.2) is 11.6 Å². The van der Waals surface area contributed by atoms with Gasteiger partial charge < -0.3 is 29.5 Å². The van der Waals surface area contributed by atoms with Crippen molar-refractivity contribution in [2.45, 2.75) is 13.3 Å². The van der Waals surface area contributed by atoms with E-state index in [1.807, 2.05) is 0 Å². The van der Waals surface area contributed by atoms with E-state index in [0.717, 1.165) is 0 Å². The van der Waals surface area contributed by atoms with Gasteiger partial charge in [-0.1, -0.05) is 6.08 Å². The summed E-state index contributed by atoms with van der Waals surface area (Å²) in [5.74, 6) is -0.927. The maximum atomic E-state index is 10.1. The SMILES string of the molecule is CC(=CCCO)C(=O)O.O=P([O-])([O-])[O-].[Ce+3]. The Morgan fingerprint density at radius 1 is 1.40 bits per heavy atom. The van der Waals surface area contributed by atoms with Crippen molar-refractivity contribution in [3.63, 3.8) is 0 Å². The summed E-state index contributed by atoms with van der Waals surface area (Å²) in [5, 5.41) is 16.5. The van der Waals surface area contributed by atoms with Crippen LogP contribution in [0.2, 0.25) is 0 Å². The number of aliphatic carboxylic acids is 1. The number of hydrogen-bond acceptors (Lipinski definition) is 6. The van der Waals surface area contributed by atoms with Gasteiger partial charge in [0.05, 0.1) is 0 Å². The number of carbonyl (C=O) groups is 1. The zero-order valence-corrected chi connectivity index (χ0v) is 11.9. The molecule has 0 heterocycles. The Kier molecular flexibility index (Phi) is 15.6. The van der Waals surface area contributed by atoms with E-state index in [9.17, 15) is 4.79 Å². The van der Waals surface area contributed by atoms with Gasteiger partial charge in [-0.2, -0.15) is 7.82 Å². The van der Waals surface area contributed by atoms with Gasteiger partial charge in [0, 0.05) is 12.2 Å². The summed E-state index contributed by atoms with van der Waals surface area (Å²) >= 11 is 0. The molecule has 0 spiro atoms. The van der Waals surface area contributed by atoms with Crippen LogP contribution in [0.4, 0.5) is 0 Å². The molecule has 0 saturated heterocycles. The Hall–Kier alpha value is 0.657. The molecule has 9 heteroatoms. The molecule has 0 rings (SSSR count). The smallest absolute Gasteiger partial charge is 0.822 e. The van der Waals surface area contributed by atoms with Crippen LogP contribution in [0.25, 0.3) is 0 Å². The molecular weight excluding hydrogens is 355 g/mol. The number of phosphoric acid groups is 1. The first-order valence-electron chi connectivity index (χ1n) is 3.42. The number of aliphatic hydroxyl groups excluding tert-OH is 1. The fourth-order valence-electron chi connectivity index (χ4n) is 0.368. The predicted molar refractivity (Wildman–Crippen MR) is 40.7 cm³/mol. The van der Waals surface area contributed by atoms with Crippen molar-refractivity contribution in [3.05, 3.63) is 11.6 Å². The van der Waals surface area contributed by atoms with E-state index in [0.29, 0.717) is 6.42 Å². The third kappa shape index (κ3) is 31.3. The minimum absolute atomic E-state index is 0. The second-order valence-electron chi connectivity index (χ2n) is 2.15. The molecule has 0 aliphatic carbocycles. The average molecular weight is 365 g/mol. The van der Waals surface area contributed by atoms with Crippen molar-refractivity contribution in [2.24, 2.45) is 0 Å². The first-order valence-corrected chi connectivity index (χ1v) is 4.88. The molecule has 0 aliphatic heterocycles. The Bertz CT molecular complexity index is 238. The van der Waals surface area contributed by atoms with Crippen LogP contribution in [0, 0.1) is 41.7 Å². The van der Waals surface area contributed by atoms with Gasteiger partial charge in [-0.25, -0.2) is 4.79 Å². The standard InChI is InChI=1S/C6H10O3.Ce.H3O4P/c1-5(6(8)9)3-2-4-7;;1-5(2,3)4/h3,7H,2,4H2,1H3,(H,8,9);;(H3,1,2,3,4)/q;+3;/p-3. The molecule has 85 valence electrons. The van der Waals surface area contributed by atoms with Crippen molar-refractivity contribution in [3.8, 4) is 0 Å². The number of carboxylic acid groups (broad SMARTS) is 1. The molecule has 15 heavy (non-hydrogen) atoms. The van der Waals surface area contributed by atoms with Gasteiger partial charge in [-0.15, -0.1) is 0 Å². The summed E-state index contributed by atoms with van der Waals surface area (Å²) in [4.78, 5) is 35.7. The van der Waals surface area contributed by atoms with Crippen LogP contribution >= 0.6 is 7.82 Å². The summed E-state index contributed by atoms with van der Waals surface area (Å²) < 4.78 is 8.55. The van der Waals surface area contributed by atoms with Crippen molar-refractivity contribution >= 4 is 13.8 Å². The molecule has 0 unspecified atom stereocenters. The van der Waals surface area contributed by atoms with Gasteiger partial charge in [0.2, 0.25) is 0 Å². The molecular formula is C6H10CeO7P. The summed E-state index contributed by atoms with van der Waals surface area (Å²) in [6.45, 7) is 1.50. The first-order chi connectivity index (χ1) is 6.18. The van der Waals surface area contributed by atoms with E-state index < -0.39 is 13.8 Å². The molecule has 0 aliphatic rings. The van der Waals surface area contributed by atoms with E-state index in [4.69, 9.17) is 29.5 Å². The number of rotatable bonds is 3. The van der Waals surface area contributed by atoms with Gasteiger partial charge in [-0.05, 0) is 13.3 Å². The minimum atomic E-state index is -5.39. The molecule has 0 fully saturated rings. The largest absolute Gasteiger partial charge is 3.00 e. The minimum Gasteiger partial charge on any atom is -0.822 e. The van der Waals surface area contributed by atoms with Gasteiger partial charge in [0.15, 0.2) is 0 Å². The summed E-state index contributed by atoms with van der Waals surface area (Å²) in [6, 6.07) is 0. The fourth-order valence-corrected chi connectivity index (χ4v) is 0.368. The summed E-state index contributed by atoms with van der Waals surface area (Å²) in [6.07, 6.45) is 1.90. The molecule has 7 nitrogen and oxygen atoms in total. The first kappa shape index (κ1) is 21.0. The van der Waals surface area contributed by atoms with Crippen LogP contribution < -0.4 is 14.7 Å². The molecule has 0 aromatic carbocycles. The Morgan fingerprint density at radius 2 is 1.73 bits per heavy atom. The molecule has 0 aromatic heterocycles. The van der Waals surface area contributed by atoms with Gasteiger partial charge in [0.25, 0.3) is 0 Å². The maximum Gasteiger partial charge on any atom is 3.00 e. The zero-order chi connectivity index (χ0) is 11.8. The fraction of sp³-hybridized carbons (Fsp3) is 0.500. The maximum absolute atomic E-state index is 10.1. The normalized spacial score (nSPS) is 10.9. The van der Waals surface area contributed by atoms with Crippen molar-refractivity contribution in [1.82, 2.24) is 0 Å². The van der Waals surface area contributed by atoms with Gasteiger partial charge in [-0.3, -0.25) is 0 Å². The predicted octanol–water partition coefficient (Wildman–Crippen LogP) is -2.42. The van der Waals surface area contributed by atoms with E-state index >= 15 is 0 Å². The molecule has 0 bridgehead atoms. The van der Waals surface area contributed by atoms with E-state index in [1.54, 1.807) is 0 Å². The quantitative estimate of drug-likeness (QED) is 0.418. The van der Waals surface area contributed by atoms with Crippen LogP contribution in [-0.2, 0) is 9.36 Å². The average Bonchev–Trinajstić information content (AvgIpc) is 1.96. The molecule has 0 atom stereocenters. The van der Waals surface area contributed by atoms with Crippen molar-refractivity contribution < 1.29 is 76.0 Å². The number of aliphatic hydroxyl groups is 1. The Labute approximate surface area is 120 Å². The van der Waals surface area contributed by atoms with Crippen molar-refractivity contribution in [1.29, 1.82) is 0 Å². The van der Waals surface area contributed by atoms with Crippen LogP contribution in [-0.4, -0.2) is 22.8 Å². The second kappa shape index (κ2) is 11.2. The van der Waals surface area contributed by atoms with E-state index in [2.05, 4.69) is 0 Å². The van der Waals surface area contributed by atoms with Crippen LogP contribution in [0.5, 0.6) is 0 Å². The summed E-state index contributed by atoms with van der Waals surface area (Å²) in [5.41, 5.74) is 0.282. The zero-order valence-electron chi connectivity index (χ0n) is 7.87. The molecule has 0 amide bonds. The molecule has 1 radical (unpaired) electrons. The van der Waals surface area contributed by atoms with Crippen LogP contribution in [0.1, 0.15) is 13.3 Å². The topological polar surface area (TPSA) is 144 Å². The Morgan fingerprint density at radius 3 is 1.93 bits per heavy atom. The molecule has 0 saturated carbocycles. The Balaban J connectivity index is -0.000000208. The third-order valence-corrected chi connectivity index (χ3v) is 0.917.